The summed E-state index contributed by atoms with van der Waals surface area (Å²) in [5.41, 5.74) is 5.18. The van der Waals surface area contributed by atoms with Gasteiger partial charge in [0, 0.05) is 4.88 Å². The van der Waals surface area contributed by atoms with E-state index in [1.54, 1.807) is 6.07 Å². The van der Waals surface area contributed by atoms with Gasteiger partial charge in [0.15, 0.2) is 0 Å². The minimum absolute atomic E-state index is 0.136. The zero-order chi connectivity index (χ0) is 14.6. The van der Waals surface area contributed by atoms with Crippen LogP contribution in [0.5, 0.6) is 5.75 Å². The molecule has 0 aliphatic heterocycles. The van der Waals surface area contributed by atoms with Gasteiger partial charge >= 0.3 is 6.18 Å². The third kappa shape index (κ3) is 3.74. The Morgan fingerprint density at radius 3 is 2.60 bits per heavy atom. The molecule has 2 nitrogen and oxygen atoms in total. The van der Waals surface area contributed by atoms with Crippen molar-refractivity contribution in [3.05, 3.63) is 51.7 Å². The van der Waals surface area contributed by atoms with Crippen molar-refractivity contribution in [2.75, 3.05) is 6.54 Å². The van der Waals surface area contributed by atoms with E-state index in [0.29, 0.717) is 18.5 Å². The molecular weight excluding hydrogens is 287 g/mol. The summed E-state index contributed by atoms with van der Waals surface area (Å²) < 4.78 is 44.4. The van der Waals surface area contributed by atoms with Crippen LogP contribution in [0.1, 0.15) is 16.0 Å². The summed E-state index contributed by atoms with van der Waals surface area (Å²) in [7, 11) is 0. The van der Waals surface area contributed by atoms with Crippen molar-refractivity contribution in [3.63, 3.8) is 0 Å². The molecule has 2 N–H and O–H groups in total. The standard InChI is InChI=1S/C14H14F3NOS/c15-14(16,17)12-8-10(5-6-18)3-4-13(12)19-9-11-2-1-7-20-11/h1-4,7-8H,5-6,9,18H2. The molecule has 0 bridgehead atoms. The van der Waals surface area contributed by atoms with Crippen molar-refractivity contribution in [2.45, 2.75) is 19.2 Å². The molecule has 0 spiro atoms. The van der Waals surface area contributed by atoms with Crippen LogP contribution in [0.3, 0.4) is 0 Å². The average molecular weight is 301 g/mol. The van der Waals surface area contributed by atoms with E-state index >= 15 is 0 Å². The zero-order valence-electron chi connectivity index (χ0n) is 10.6. The molecule has 0 aliphatic rings. The maximum atomic E-state index is 13.0. The number of hydrogen-bond acceptors (Lipinski definition) is 3. The Kier molecular flexibility index (Phi) is 4.67. The van der Waals surface area contributed by atoms with Crippen molar-refractivity contribution in [3.8, 4) is 5.75 Å². The van der Waals surface area contributed by atoms with Crippen molar-refractivity contribution in [1.82, 2.24) is 0 Å². The van der Waals surface area contributed by atoms with Gasteiger partial charge in [-0.3, -0.25) is 0 Å². The summed E-state index contributed by atoms with van der Waals surface area (Å²) in [6.45, 7) is 0.448. The summed E-state index contributed by atoms with van der Waals surface area (Å²) >= 11 is 1.44. The van der Waals surface area contributed by atoms with Crippen molar-refractivity contribution < 1.29 is 17.9 Å². The van der Waals surface area contributed by atoms with E-state index in [0.717, 1.165) is 10.9 Å². The van der Waals surface area contributed by atoms with E-state index in [1.165, 1.54) is 17.4 Å². The van der Waals surface area contributed by atoms with Crippen molar-refractivity contribution in [2.24, 2.45) is 5.73 Å². The summed E-state index contributed by atoms with van der Waals surface area (Å²) in [6.07, 6.45) is -4.02. The lowest BCUT2D eigenvalue weighted by Crippen LogP contribution is -2.10. The second kappa shape index (κ2) is 6.28. The smallest absolute Gasteiger partial charge is 0.419 e. The molecule has 20 heavy (non-hydrogen) atoms. The highest BCUT2D eigenvalue weighted by Gasteiger charge is 2.34. The minimum atomic E-state index is -4.44. The molecule has 0 atom stereocenters. The van der Waals surface area contributed by atoms with Gasteiger partial charge in [0.2, 0.25) is 0 Å². The van der Waals surface area contributed by atoms with Crippen molar-refractivity contribution >= 4 is 11.3 Å². The van der Waals surface area contributed by atoms with Gasteiger partial charge in [-0.1, -0.05) is 12.1 Å². The maximum absolute atomic E-state index is 13.0. The lowest BCUT2D eigenvalue weighted by atomic mass is 10.1. The molecule has 0 unspecified atom stereocenters. The van der Waals surface area contributed by atoms with E-state index in [4.69, 9.17) is 10.5 Å². The van der Waals surface area contributed by atoms with E-state index in [2.05, 4.69) is 0 Å². The molecule has 0 saturated heterocycles. The number of alkyl halides is 3. The molecule has 2 aromatic rings. The Labute approximate surface area is 119 Å². The summed E-state index contributed by atoms with van der Waals surface area (Å²) in [4.78, 5) is 0.879. The largest absolute Gasteiger partial charge is 0.487 e. The fourth-order valence-electron chi connectivity index (χ4n) is 1.79. The van der Waals surface area contributed by atoms with E-state index in [1.807, 2.05) is 17.5 Å². The number of halogens is 3. The highest BCUT2D eigenvalue weighted by atomic mass is 32.1. The summed E-state index contributed by atoms with van der Waals surface area (Å²) in [5, 5.41) is 1.85. The molecule has 6 heteroatoms. The zero-order valence-corrected chi connectivity index (χ0v) is 11.4. The van der Waals surface area contributed by atoms with Crippen LogP contribution in [0.25, 0.3) is 0 Å². The highest BCUT2D eigenvalue weighted by Crippen LogP contribution is 2.37. The lowest BCUT2D eigenvalue weighted by molar-refractivity contribution is -0.139. The Hall–Kier alpha value is -1.53. The first-order valence-electron chi connectivity index (χ1n) is 6.06. The molecule has 0 amide bonds. The molecular formula is C14H14F3NOS. The normalized spacial score (nSPS) is 11.6. The maximum Gasteiger partial charge on any atom is 0.419 e. The lowest BCUT2D eigenvalue weighted by Gasteiger charge is -2.15. The van der Waals surface area contributed by atoms with E-state index in [9.17, 15) is 13.2 Å². The van der Waals surface area contributed by atoms with E-state index < -0.39 is 11.7 Å². The van der Waals surface area contributed by atoms with Gasteiger partial charge in [0.05, 0.1) is 5.56 Å². The van der Waals surface area contributed by atoms with Crippen LogP contribution in [-0.2, 0) is 19.2 Å². The Balaban J connectivity index is 2.22. The predicted octanol–water partition coefficient (Wildman–Crippen LogP) is 3.85. The molecule has 1 aromatic carbocycles. The molecule has 2 rings (SSSR count). The molecule has 108 valence electrons. The fourth-order valence-corrected chi connectivity index (χ4v) is 2.41. The second-order valence-corrected chi connectivity index (χ2v) is 5.27. The molecule has 0 radical (unpaired) electrons. The number of thiophene rings is 1. The van der Waals surface area contributed by atoms with Crippen LogP contribution in [-0.4, -0.2) is 6.54 Å². The van der Waals surface area contributed by atoms with Gasteiger partial charge in [0.1, 0.15) is 12.4 Å². The van der Waals surface area contributed by atoms with Crippen LogP contribution in [0.4, 0.5) is 13.2 Å². The first kappa shape index (κ1) is 14.9. The monoisotopic (exact) mass is 301 g/mol. The van der Waals surface area contributed by atoms with Crippen LogP contribution < -0.4 is 10.5 Å². The van der Waals surface area contributed by atoms with Gasteiger partial charge in [-0.15, -0.1) is 11.3 Å². The second-order valence-electron chi connectivity index (χ2n) is 4.23. The summed E-state index contributed by atoms with van der Waals surface area (Å²) in [6, 6.07) is 7.74. The van der Waals surface area contributed by atoms with Gasteiger partial charge in [-0.25, -0.2) is 0 Å². The first-order chi connectivity index (χ1) is 9.50. The van der Waals surface area contributed by atoms with Crippen molar-refractivity contribution in [1.29, 1.82) is 0 Å². The topological polar surface area (TPSA) is 35.2 Å². The highest BCUT2D eigenvalue weighted by molar-refractivity contribution is 7.09. The first-order valence-corrected chi connectivity index (χ1v) is 6.94. The number of hydrogen-bond donors (Lipinski definition) is 1. The van der Waals surface area contributed by atoms with Gasteiger partial charge in [0.25, 0.3) is 0 Å². The molecule has 1 heterocycles. The molecule has 0 saturated carbocycles. The molecule has 1 aromatic heterocycles. The number of benzene rings is 1. The number of rotatable bonds is 5. The predicted molar refractivity (Wildman–Crippen MR) is 72.9 cm³/mol. The number of nitrogens with two attached hydrogens (primary N) is 1. The Morgan fingerprint density at radius 1 is 1.20 bits per heavy atom. The number of ether oxygens (including phenoxy) is 1. The van der Waals surface area contributed by atoms with Gasteiger partial charge in [-0.05, 0) is 42.1 Å². The van der Waals surface area contributed by atoms with Crippen LogP contribution >= 0.6 is 11.3 Å². The van der Waals surface area contributed by atoms with Gasteiger partial charge in [-0.2, -0.15) is 13.2 Å². The fraction of sp³-hybridized carbons (Fsp3) is 0.286. The summed E-state index contributed by atoms with van der Waals surface area (Å²) in [5.74, 6) is -0.147. The third-order valence-corrected chi connectivity index (χ3v) is 3.58. The Bertz CT molecular complexity index is 552. The van der Waals surface area contributed by atoms with E-state index in [-0.39, 0.29) is 12.4 Å². The van der Waals surface area contributed by atoms with Gasteiger partial charge < -0.3 is 10.5 Å². The third-order valence-electron chi connectivity index (χ3n) is 2.73. The SMILES string of the molecule is NCCc1ccc(OCc2cccs2)c(C(F)(F)F)c1. The average Bonchev–Trinajstić information content (AvgIpc) is 2.89. The van der Waals surface area contributed by atoms with Crippen LogP contribution in [0.2, 0.25) is 0 Å². The van der Waals surface area contributed by atoms with Crippen LogP contribution in [0.15, 0.2) is 35.7 Å². The van der Waals surface area contributed by atoms with Crippen LogP contribution in [0, 0.1) is 0 Å². The minimum Gasteiger partial charge on any atom is -0.487 e. The molecule has 0 fully saturated rings. The Morgan fingerprint density at radius 2 is 2.00 bits per heavy atom. The quantitative estimate of drug-likeness (QED) is 0.910. The molecule has 0 aliphatic carbocycles.